The van der Waals surface area contributed by atoms with Gasteiger partial charge in [-0.05, 0) is 64.0 Å². The molecule has 2 saturated heterocycles. The van der Waals surface area contributed by atoms with Crippen molar-refractivity contribution in [1.82, 2.24) is 20.2 Å². The van der Waals surface area contributed by atoms with Crippen LogP contribution in [0.4, 0.5) is 5.82 Å². The first-order chi connectivity index (χ1) is 17.4. The van der Waals surface area contributed by atoms with Gasteiger partial charge in [-0.25, -0.2) is 4.98 Å². The molecule has 2 aromatic heterocycles. The van der Waals surface area contributed by atoms with Crippen molar-refractivity contribution in [3.63, 3.8) is 0 Å². The molecule has 3 aliphatic rings. The average Bonchev–Trinajstić information content (AvgIpc) is 3.19. The maximum Gasteiger partial charge on any atom is 0.269 e. The van der Waals surface area contributed by atoms with Gasteiger partial charge in [-0.3, -0.25) is 14.6 Å². The molecule has 4 heterocycles. The minimum Gasteiger partial charge on any atom is -0.393 e. The predicted molar refractivity (Wildman–Crippen MR) is 139 cm³/mol. The Kier molecular flexibility index (Phi) is 7.17. The molecule has 2 N–H and O–H groups in total. The summed E-state index contributed by atoms with van der Waals surface area (Å²) >= 11 is 6.72. The smallest absolute Gasteiger partial charge is 0.269 e. The molecule has 1 unspecified atom stereocenters. The van der Waals surface area contributed by atoms with Crippen LogP contribution in [0.3, 0.4) is 0 Å². The molecule has 36 heavy (non-hydrogen) atoms. The number of hydrogen-bond donors (Lipinski definition) is 2. The van der Waals surface area contributed by atoms with E-state index in [2.05, 4.69) is 20.1 Å². The van der Waals surface area contributed by atoms with Crippen molar-refractivity contribution in [2.45, 2.75) is 64.0 Å². The van der Waals surface area contributed by atoms with Crippen LogP contribution in [0.15, 0.2) is 30.6 Å². The SMILES string of the molecule is CCNC(=O)c1ccc(-c2cnc(N3CCCC4(CCN(C5CCC(O)CC5)C4=O)C3)c(Cl)c2)cn1. The number of nitrogens with zero attached hydrogens (tertiary/aromatic N) is 4. The van der Waals surface area contributed by atoms with Crippen molar-refractivity contribution in [1.29, 1.82) is 0 Å². The number of aliphatic hydroxyl groups excluding tert-OH is 1. The Labute approximate surface area is 217 Å². The van der Waals surface area contributed by atoms with Crippen LogP contribution in [0.1, 0.15) is 62.4 Å². The number of carbonyl (C=O) groups excluding carboxylic acids is 2. The second-order valence-electron chi connectivity index (χ2n) is 10.3. The van der Waals surface area contributed by atoms with Gasteiger partial charge >= 0.3 is 0 Å². The molecule has 2 amide bonds. The van der Waals surface area contributed by atoms with Crippen LogP contribution in [0.25, 0.3) is 11.1 Å². The van der Waals surface area contributed by atoms with Crippen LogP contribution < -0.4 is 10.2 Å². The van der Waals surface area contributed by atoms with Gasteiger partial charge < -0.3 is 20.2 Å². The lowest BCUT2D eigenvalue weighted by atomic mass is 9.78. The quantitative estimate of drug-likeness (QED) is 0.635. The number of halogens is 1. The van der Waals surface area contributed by atoms with E-state index in [4.69, 9.17) is 16.6 Å². The summed E-state index contributed by atoms with van der Waals surface area (Å²) in [7, 11) is 0. The minimum absolute atomic E-state index is 0.198. The van der Waals surface area contributed by atoms with E-state index in [1.807, 2.05) is 19.1 Å². The summed E-state index contributed by atoms with van der Waals surface area (Å²) in [6, 6.07) is 5.67. The fraction of sp³-hybridized carbons (Fsp3) is 0.556. The van der Waals surface area contributed by atoms with E-state index in [0.717, 1.165) is 69.2 Å². The maximum atomic E-state index is 13.6. The number of pyridine rings is 2. The summed E-state index contributed by atoms with van der Waals surface area (Å²) in [6.07, 6.45) is 9.24. The van der Waals surface area contributed by atoms with Crippen molar-refractivity contribution in [2.75, 3.05) is 31.1 Å². The third-order valence-corrected chi connectivity index (χ3v) is 8.30. The minimum atomic E-state index is -0.378. The lowest BCUT2D eigenvalue weighted by Crippen LogP contribution is -2.50. The Hall–Kier alpha value is -2.71. The molecular formula is C27H34ClN5O3. The fourth-order valence-corrected chi connectivity index (χ4v) is 6.31. The Bertz CT molecular complexity index is 1120. The zero-order chi connectivity index (χ0) is 25.3. The summed E-state index contributed by atoms with van der Waals surface area (Å²) in [5.41, 5.74) is 1.65. The molecule has 0 aromatic carbocycles. The largest absolute Gasteiger partial charge is 0.393 e. The van der Waals surface area contributed by atoms with Crippen LogP contribution in [-0.4, -0.2) is 70.1 Å². The number of nitrogens with one attached hydrogen (secondary N) is 1. The highest BCUT2D eigenvalue weighted by Gasteiger charge is 2.51. The summed E-state index contributed by atoms with van der Waals surface area (Å²) in [5, 5.41) is 13.1. The van der Waals surface area contributed by atoms with E-state index < -0.39 is 0 Å². The molecule has 5 rings (SSSR count). The normalized spacial score (nSPS) is 26.5. The molecule has 0 bridgehead atoms. The predicted octanol–water partition coefficient (Wildman–Crippen LogP) is 3.67. The molecule has 192 valence electrons. The van der Waals surface area contributed by atoms with Gasteiger partial charge in [-0.2, -0.15) is 0 Å². The monoisotopic (exact) mass is 511 g/mol. The first kappa shape index (κ1) is 25.0. The molecule has 8 nitrogen and oxygen atoms in total. The molecule has 1 aliphatic carbocycles. The number of anilines is 1. The van der Waals surface area contributed by atoms with Crippen LogP contribution >= 0.6 is 11.6 Å². The van der Waals surface area contributed by atoms with Crippen molar-refractivity contribution in [3.8, 4) is 11.1 Å². The summed E-state index contributed by atoms with van der Waals surface area (Å²) in [6.45, 7) is 4.67. The summed E-state index contributed by atoms with van der Waals surface area (Å²) in [4.78, 5) is 38.8. The number of carbonyl (C=O) groups is 2. The van der Waals surface area contributed by atoms with Crippen molar-refractivity contribution >= 4 is 29.2 Å². The lowest BCUT2D eigenvalue weighted by Gasteiger charge is -2.41. The molecule has 9 heteroatoms. The zero-order valence-electron chi connectivity index (χ0n) is 20.8. The molecule has 0 radical (unpaired) electrons. The number of amides is 2. The molecule has 1 atom stereocenters. The van der Waals surface area contributed by atoms with Gasteiger partial charge in [0, 0.05) is 55.7 Å². The second kappa shape index (κ2) is 10.3. The van der Waals surface area contributed by atoms with Gasteiger partial charge in [0.15, 0.2) is 0 Å². The van der Waals surface area contributed by atoms with Gasteiger partial charge in [-0.1, -0.05) is 17.7 Å². The van der Waals surface area contributed by atoms with Gasteiger partial charge in [0.1, 0.15) is 11.5 Å². The van der Waals surface area contributed by atoms with E-state index in [9.17, 15) is 14.7 Å². The number of aliphatic hydroxyl groups is 1. The molecular weight excluding hydrogens is 478 g/mol. The first-order valence-electron chi connectivity index (χ1n) is 13.0. The average molecular weight is 512 g/mol. The maximum absolute atomic E-state index is 13.6. The molecule has 1 spiro atoms. The number of rotatable bonds is 5. The van der Waals surface area contributed by atoms with Gasteiger partial charge in [-0.15, -0.1) is 0 Å². The molecule has 3 fully saturated rings. The topological polar surface area (TPSA) is 98.7 Å². The van der Waals surface area contributed by atoms with Gasteiger partial charge in [0.25, 0.3) is 5.91 Å². The fourth-order valence-electron chi connectivity index (χ4n) is 6.03. The first-order valence-corrected chi connectivity index (χ1v) is 13.4. The number of hydrogen-bond acceptors (Lipinski definition) is 6. The lowest BCUT2D eigenvalue weighted by molar-refractivity contribution is -0.139. The summed E-state index contributed by atoms with van der Waals surface area (Å²) in [5.74, 6) is 0.772. The number of piperidine rings is 1. The Morgan fingerprint density at radius 2 is 1.92 bits per heavy atom. The number of likely N-dealkylation sites (tertiary alicyclic amines) is 1. The van der Waals surface area contributed by atoms with Crippen LogP contribution in [0.5, 0.6) is 0 Å². The Balaban J connectivity index is 1.29. The van der Waals surface area contributed by atoms with Gasteiger partial charge in [0.05, 0.1) is 16.5 Å². The van der Waals surface area contributed by atoms with Gasteiger partial charge in [0.2, 0.25) is 5.91 Å². The second-order valence-corrected chi connectivity index (χ2v) is 10.7. The van der Waals surface area contributed by atoms with E-state index in [1.54, 1.807) is 18.5 Å². The van der Waals surface area contributed by atoms with Crippen LogP contribution in [-0.2, 0) is 4.79 Å². The van der Waals surface area contributed by atoms with Crippen LogP contribution in [0.2, 0.25) is 5.02 Å². The highest BCUT2D eigenvalue weighted by Crippen LogP contribution is 2.44. The van der Waals surface area contributed by atoms with E-state index >= 15 is 0 Å². The van der Waals surface area contributed by atoms with Crippen LogP contribution in [0, 0.1) is 5.41 Å². The standard InChI is InChI=1S/C27H34ClN5O3/c1-2-29-25(35)23-9-4-18(15-30-23)19-14-22(28)24(31-16-19)32-12-3-10-27(17-32)11-13-33(26(27)36)20-5-7-21(34)8-6-20/h4,9,14-16,20-21,34H,2-3,5-8,10-13,17H2,1H3,(H,29,35). The highest BCUT2D eigenvalue weighted by molar-refractivity contribution is 6.33. The van der Waals surface area contributed by atoms with E-state index in [1.165, 1.54) is 0 Å². The zero-order valence-corrected chi connectivity index (χ0v) is 21.5. The van der Waals surface area contributed by atoms with Crippen molar-refractivity contribution in [3.05, 3.63) is 41.3 Å². The third kappa shape index (κ3) is 4.81. The molecule has 2 aromatic rings. The van der Waals surface area contributed by atoms with Crippen molar-refractivity contribution < 1.29 is 14.7 Å². The number of aromatic nitrogens is 2. The summed E-state index contributed by atoms with van der Waals surface area (Å²) < 4.78 is 0. The highest BCUT2D eigenvalue weighted by atomic mass is 35.5. The van der Waals surface area contributed by atoms with E-state index in [0.29, 0.717) is 29.6 Å². The molecule has 2 aliphatic heterocycles. The van der Waals surface area contributed by atoms with E-state index in [-0.39, 0.29) is 29.4 Å². The van der Waals surface area contributed by atoms with Crippen molar-refractivity contribution in [2.24, 2.45) is 5.41 Å². The Morgan fingerprint density at radius 1 is 1.14 bits per heavy atom. The molecule has 1 saturated carbocycles. The Morgan fingerprint density at radius 3 is 2.61 bits per heavy atom. The third-order valence-electron chi connectivity index (χ3n) is 8.02.